The zero-order chi connectivity index (χ0) is 20.1. The van der Waals surface area contributed by atoms with E-state index in [2.05, 4.69) is 26.2 Å². The summed E-state index contributed by atoms with van der Waals surface area (Å²) < 4.78 is 4.62. The Hall–Kier alpha value is -3.27. The highest BCUT2D eigenvalue weighted by atomic mass is 32.1. The van der Waals surface area contributed by atoms with Crippen molar-refractivity contribution in [2.75, 3.05) is 11.9 Å². The zero-order valence-corrected chi connectivity index (χ0v) is 15.4. The van der Waals surface area contributed by atoms with Gasteiger partial charge in [0.1, 0.15) is 0 Å². The summed E-state index contributed by atoms with van der Waals surface area (Å²) in [5, 5.41) is 4.71. The number of rotatable bonds is 7. The van der Waals surface area contributed by atoms with E-state index in [9.17, 15) is 19.2 Å². The fourth-order valence-corrected chi connectivity index (χ4v) is 1.83. The van der Waals surface area contributed by atoms with Crippen LogP contribution in [0.2, 0.25) is 0 Å². The molecular formula is C17H20N4O5S. The van der Waals surface area contributed by atoms with Crippen LogP contribution in [-0.2, 0) is 23.9 Å². The van der Waals surface area contributed by atoms with Gasteiger partial charge in [0.05, 0.1) is 6.61 Å². The van der Waals surface area contributed by atoms with E-state index >= 15 is 0 Å². The highest BCUT2D eigenvalue weighted by Gasteiger charge is 2.08. The topological polar surface area (TPSA) is 126 Å². The third kappa shape index (κ3) is 10.3. The van der Waals surface area contributed by atoms with Crippen LogP contribution < -0.4 is 21.5 Å². The first-order valence-electron chi connectivity index (χ1n) is 8.00. The number of amides is 3. The Morgan fingerprint density at radius 2 is 1.67 bits per heavy atom. The van der Waals surface area contributed by atoms with Gasteiger partial charge in [-0.1, -0.05) is 18.2 Å². The Labute approximate surface area is 161 Å². The van der Waals surface area contributed by atoms with Crippen LogP contribution in [-0.4, -0.2) is 35.4 Å². The molecule has 0 aliphatic heterocycles. The SMILES string of the molecule is CCOC(=O)/C=C/C(=O)NC(=S)NNC(=O)CCC(=O)Nc1ccccc1. The number of hydrazine groups is 1. The van der Waals surface area contributed by atoms with Crippen LogP contribution in [0.5, 0.6) is 0 Å². The Kier molecular flexibility index (Phi) is 9.79. The number of nitrogens with one attached hydrogen (secondary N) is 4. The molecule has 1 aromatic rings. The number of carbonyl (C=O) groups excluding carboxylic acids is 4. The van der Waals surface area contributed by atoms with E-state index < -0.39 is 17.8 Å². The number of esters is 1. The largest absolute Gasteiger partial charge is 0.463 e. The van der Waals surface area contributed by atoms with Crippen LogP contribution in [0.3, 0.4) is 0 Å². The molecule has 1 rings (SSSR count). The minimum absolute atomic E-state index is 0.0240. The standard InChI is InChI=1S/C17H20N4O5S/c1-2-26-16(25)11-10-14(23)19-17(27)21-20-15(24)9-8-13(22)18-12-6-4-3-5-7-12/h3-7,10-11H,2,8-9H2,1H3,(H,18,22)(H,20,24)(H2,19,21,23,27)/b11-10+. The minimum Gasteiger partial charge on any atom is -0.463 e. The average Bonchev–Trinajstić information content (AvgIpc) is 2.64. The van der Waals surface area contributed by atoms with Gasteiger partial charge in [0.15, 0.2) is 5.11 Å². The minimum atomic E-state index is -0.669. The molecule has 4 N–H and O–H groups in total. The number of ether oxygens (including phenoxy) is 1. The van der Waals surface area contributed by atoms with Crippen LogP contribution in [0.4, 0.5) is 5.69 Å². The highest BCUT2D eigenvalue weighted by Crippen LogP contribution is 2.05. The van der Waals surface area contributed by atoms with Crippen molar-refractivity contribution in [3.63, 3.8) is 0 Å². The van der Waals surface area contributed by atoms with E-state index in [1.807, 2.05) is 6.07 Å². The number of carbonyl (C=O) groups is 4. The Morgan fingerprint density at radius 3 is 2.33 bits per heavy atom. The molecule has 0 radical (unpaired) electrons. The molecule has 27 heavy (non-hydrogen) atoms. The lowest BCUT2D eigenvalue weighted by Crippen LogP contribution is -2.48. The van der Waals surface area contributed by atoms with Gasteiger partial charge in [-0.15, -0.1) is 0 Å². The summed E-state index contributed by atoms with van der Waals surface area (Å²) >= 11 is 4.82. The highest BCUT2D eigenvalue weighted by molar-refractivity contribution is 7.80. The molecule has 0 saturated carbocycles. The Morgan fingerprint density at radius 1 is 1.00 bits per heavy atom. The van der Waals surface area contributed by atoms with Crippen molar-refractivity contribution in [3.05, 3.63) is 42.5 Å². The third-order valence-electron chi connectivity index (χ3n) is 2.85. The molecular weight excluding hydrogens is 372 g/mol. The Balaban J connectivity index is 2.23. The van der Waals surface area contributed by atoms with Gasteiger partial charge in [-0.3, -0.25) is 30.6 Å². The van der Waals surface area contributed by atoms with E-state index in [4.69, 9.17) is 12.2 Å². The monoisotopic (exact) mass is 392 g/mol. The summed E-state index contributed by atoms with van der Waals surface area (Å²) in [6.45, 7) is 1.83. The summed E-state index contributed by atoms with van der Waals surface area (Å²) in [6.07, 6.45) is 1.79. The molecule has 9 nitrogen and oxygen atoms in total. The zero-order valence-electron chi connectivity index (χ0n) is 14.6. The van der Waals surface area contributed by atoms with Crippen molar-refractivity contribution in [2.24, 2.45) is 0 Å². The maximum Gasteiger partial charge on any atom is 0.330 e. The van der Waals surface area contributed by atoms with E-state index in [0.717, 1.165) is 12.2 Å². The van der Waals surface area contributed by atoms with Gasteiger partial charge in [-0.25, -0.2) is 4.79 Å². The van der Waals surface area contributed by atoms with Gasteiger partial charge in [0.25, 0.3) is 0 Å². The number of para-hydroxylation sites is 1. The molecule has 1 aromatic carbocycles. The first kappa shape index (κ1) is 21.8. The molecule has 0 aliphatic carbocycles. The smallest absolute Gasteiger partial charge is 0.330 e. The lowest BCUT2D eigenvalue weighted by Gasteiger charge is -2.09. The predicted molar refractivity (Wildman–Crippen MR) is 102 cm³/mol. The second-order valence-corrected chi connectivity index (χ2v) is 5.40. The van der Waals surface area contributed by atoms with Crippen molar-refractivity contribution in [3.8, 4) is 0 Å². The predicted octanol–water partition coefficient (Wildman–Crippen LogP) is 0.547. The maximum atomic E-state index is 11.7. The summed E-state index contributed by atoms with van der Waals surface area (Å²) in [4.78, 5) is 46.0. The first-order valence-corrected chi connectivity index (χ1v) is 8.41. The van der Waals surface area contributed by atoms with Gasteiger partial charge in [-0.2, -0.15) is 0 Å². The third-order valence-corrected chi connectivity index (χ3v) is 3.05. The molecule has 0 atom stereocenters. The first-order chi connectivity index (χ1) is 12.9. The number of thiocarbonyl (C=S) groups is 1. The molecule has 0 bridgehead atoms. The van der Waals surface area contributed by atoms with E-state index in [1.165, 1.54) is 0 Å². The van der Waals surface area contributed by atoms with Crippen LogP contribution in [0.25, 0.3) is 0 Å². The summed E-state index contributed by atoms with van der Waals surface area (Å²) in [6, 6.07) is 8.85. The van der Waals surface area contributed by atoms with Gasteiger partial charge in [-0.05, 0) is 31.3 Å². The summed E-state index contributed by atoms with van der Waals surface area (Å²) in [7, 11) is 0. The van der Waals surface area contributed by atoms with Gasteiger partial charge < -0.3 is 10.1 Å². The summed E-state index contributed by atoms with van der Waals surface area (Å²) in [5.74, 6) is -2.13. The van der Waals surface area contributed by atoms with E-state index in [-0.39, 0.29) is 30.5 Å². The molecule has 0 aromatic heterocycles. The van der Waals surface area contributed by atoms with E-state index in [0.29, 0.717) is 5.69 Å². The molecule has 0 fully saturated rings. The van der Waals surface area contributed by atoms with Crippen molar-refractivity contribution >= 4 is 46.7 Å². The van der Waals surface area contributed by atoms with Crippen molar-refractivity contribution in [2.45, 2.75) is 19.8 Å². The number of benzene rings is 1. The number of hydrogen-bond donors (Lipinski definition) is 4. The second kappa shape index (κ2) is 12.1. The molecule has 0 unspecified atom stereocenters. The van der Waals surface area contributed by atoms with Crippen LogP contribution in [0.15, 0.2) is 42.5 Å². The Bertz CT molecular complexity index is 721. The molecule has 144 valence electrons. The fourth-order valence-electron chi connectivity index (χ4n) is 1.68. The molecule has 0 saturated heterocycles. The van der Waals surface area contributed by atoms with Gasteiger partial charge >= 0.3 is 5.97 Å². The maximum absolute atomic E-state index is 11.7. The lowest BCUT2D eigenvalue weighted by molar-refractivity contribution is -0.137. The quantitative estimate of drug-likeness (QED) is 0.231. The van der Waals surface area contributed by atoms with Gasteiger partial charge in [0.2, 0.25) is 17.7 Å². The molecule has 0 aliphatic rings. The normalized spacial score (nSPS) is 9.96. The van der Waals surface area contributed by atoms with Crippen LogP contribution >= 0.6 is 12.2 Å². The van der Waals surface area contributed by atoms with Crippen molar-refractivity contribution in [1.82, 2.24) is 16.2 Å². The molecule has 0 heterocycles. The molecule has 10 heteroatoms. The van der Waals surface area contributed by atoms with Crippen LogP contribution in [0.1, 0.15) is 19.8 Å². The number of anilines is 1. The molecule has 3 amide bonds. The second-order valence-electron chi connectivity index (χ2n) is 4.99. The van der Waals surface area contributed by atoms with Crippen molar-refractivity contribution in [1.29, 1.82) is 0 Å². The number of hydrogen-bond acceptors (Lipinski definition) is 6. The summed E-state index contributed by atoms with van der Waals surface area (Å²) in [5.41, 5.74) is 5.21. The lowest BCUT2D eigenvalue weighted by atomic mass is 10.2. The van der Waals surface area contributed by atoms with Crippen molar-refractivity contribution < 1.29 is 23.9 Å². The molecule has 0 spiro atoms. The fraction of sp³-hybridized carbons (Fsp3) is 0.235. The van der Waals surface area contributed by atoms with Gasteiger partial charge in [0, 0.05) is 30.7 Å². The average molecular weight is 392 g/mol. The van der Waals surface area contributed by atoms with Crippen LogP contribution in [0, 0.1) is 0 Å². The van der Waals surface area contributed by atoms with E-state index in [1.54, 1.807) is 31.2 Å².